The minimum absolute atomic E-state index is 0.0821. The Morgan fingerprint density at radius 1 is 0.559 bits per heavy atom. The van der Waals surface area contributed by atoms with Crippen LogP contribution in [-0.2, 0) is 9.59 Å². The highest BCUT2D eigenvalue weighted by Crippen LogP contribution is 2.62. The Morgan fingerprint density at radius 2 is 0.882 bits per heavy atom. The first-order chi connectivity index (χ1) is 16.1. The maximum atomic E-state index is 13.4. The van der Waals surface area contributed by atoms with Crippen molar-refractivity contribution < 1.29 is 9.59 Å². The van der Waals surface area contributed by atoms with Crippen molar-refractivity contribution in [1.82, 2.24) is 10.6 Å². The third kappa shape index (κ3) is 3.67. The number of hydrogen-bond acceptors (Lipinski definition) is 2. The maximum absolute atomic E-state index is 13.4. The standard InChI is InChI=1S/C30H46N2O2/c1-27-9-19-7-20(10-27)14-29(13-19,17-27)31-25(33)23-3-5-24(6-4-23)26(34)32-30-15-21-8-22(16-30)12-28(2,11-21)18-30/h19-24H,3-18H2,1-2H3,(H,31,33)(H,32,34). The van der Waals surface area contributed by atoms with Crippen LogP contribution >= 0.6 is 0 Å². The first-order valence-corrected chi connectivity index (χ1v) is 14.8. The molecule has 4 nitrogen and oxygen atoms in total. The molecule has 188 valence electrons. The van der Waals surface area contributed by atoms with E-state index in [1.807, 2.05) is 0 Å². The minimum Gasteiger partial charge on any atom is -0.350 e. The molecule has 34 heavy (non-hydrogen) atoms. The average molecular weight is 467 g/mol. The van der Waals surface area contributed by atoms with Crippen molar-refractivity contribution in [3.63, 3.8) is 0 Å². The van der Waals surface area contributed by atoms with Gasteiger partial charge in [0.1, 0.15) is 0 Å². The van der Waals surface area contributed by atoms with Crippen LogP contribution in [0.4, 0.5) is 0 Å². The molecule has 0 spiro atoms. The third-order valence-electron chi connectivity index (χ3n) is 12.0. The second-order valence-corrected chi connectivity index (χ2v) is 15.6. The first kappa shape index (κ1) is 22.2. The molecule has 4 unspecified atom stereocenters. The predicted octanol–water partition coefficient (Wildman–Crippen LogP) is 5.74. The molecule has 9 aliphatic carbocycles. The second kappa shape index (κ2) is 7.25. The number of carbonyl (C=O) groups is 2. The molecule has 2 amide bonds. The van der Waals surface area contributed by atoms with Crippen LogP contribution in [0.15, 0.2) is 0 Å². The van der Waals surface area contributed by atoms with Gasteiger partial charge in [0.15, 0.2) is 0 Å². The van der Waals surface area contributed by atoms with Crippen molar-refractivity contribution in [2.75, 3.05) is 0 Å². The normalized spacial score (nSPS) is 54.8. The molecule has 0 aromatic rings. The summed E-state index contributed by atoms with van der Waals surface area (Å²) in [6.45, 7) is 4.94. The van der Waals surface area contributed by atoms with Gasteiger partial charge in [0.25, 0.3) is 0 Å². The van der Waals surface area contributed by atoms with Gasteiger partial charge in [0.05, 0.1) is 0 Å². The molecule has 0 saturated heterocycles. The van der Waals surface area contributed by atoms with Crippen LogP contribution in [0.25, 0.3) is 0 Å². The number of nitrogens with one attached hydrogen (secondary N) is 2. The van der Waals surface area contributed by atoms with Crippen LogP contribution in [-0.4, -0.2) is 22.9 Å². The van der Waals surface area contributed by atoms with Crippen LogP contribution in [0.5, 0.6) is 0 Å². The van der Waals surface area contributed by atoms with Gasteiger partial charge in [-0.25, -0.2) is 0 Å². The lowest BCUT2D eigenvalue weighted by Gasteiger charge is -2.61. The summed E-state index contributed by atoms with van der Waals surface area (Å²) in [5.41, 5.74) is 1.08. The summed E-state index contributed by atoms with van der Waals surface area (Å²) < 4.78 is 0. The Balaban J connectivity index is 0.950. The Bertz CT molecular complexity index is 786. The molecular formula is C30H46N2O2. The van der Waals surface area contributed by atoms with Crippen LogP contribution in [0.1, 0.15) is 117 Å². The quantitative estimate of drug-likeness (QED) is 0.555. The molecule has 2 N–H and O–H groups in total. The van der Waals surface area contributed by atoms with E-state index < -0.39 is 0 Å². The van der Waals surface area contributed by atoms with E-state index in [1.54, 1.807) is 0 Å². The maximum Gasteiger partial charge on any atom is 0.223 e. The van der Waals surface area contributed by atoms with Gasteiger partial charge in [-0.2, -0.15) is 0 Å². The van der Waals surface area contributed by atoms with Gasteiger partial charge in [-0.3, -0.25) is 9.59 Å². The number of rotatable bonds is 4. The number of hydrogen-bond donors (Lipinski definition) is 2. The second-order valence-electron chi connectivity index (χ2n) is 15.6. The highest BCUT2D eigenvalue weighted by atomic mass is 16.2. The summed E-state index contributed by atoms with van der Waals surface area (Å²) in [6, 6.07) is 0. The molecule has 9 aliphatic rings. The molecule has 0 radical (unpaired) electrons. The van der Waals surface area contributed by atoms with Gasteiger partial charge >= 0.3 is 0 Å². The number of amides is 2. The van der Waals surface area contributed by atoms with Crippen molar-refractivity contribution in [3.8, 4) is 0 Å². The zero-order valence-electron chi connectivity index (χ0n) is 21.6. The molecule has 9 rings (SSSR count). The lowest BCUT2D eigenvalue weighted by Crippen LogP contribution is -2.63. The molecule has 0 aromatic carbocycles. The highest BCUT2D eigenvalue weighted by molar-refractivity contribution is 5.82. The lowest BCUT2D eigenvalue weighted by atomic mass is 9.47. The van der Waals surface area contributed by atoms with Crippen LogP contribution in [0.2, 0.25) is 0 Å². The molecule has 0 aliphatic heterocycles. The summed E-state index contributed by atoms with van der Waals surface area (Å²) >= 11 is 0. The van der Waals surface area contributed by atoms with Gasteiger partial charge in [-0.05, 0) is 137 Å². The predicted molar refractivity (Wildman–Crippen MR) is 133 cm³/mol. The van der Waals surface area contributed by atoms with Crippen LogP contribution < -0.4 is 10.6 Å². The van der Waals surface area contributed by atoms with E-state index in [9.17, 15) is 9.59 Å². The van der Waals surface area contributed by atoms with Crippen molar-refractivity contribution in [3.05, 3.63) is 0 Å². The van der Waals surface area contributed by atoms with Crippen molar-refractivity contribution in [1.29, 1.82) is 0 Å². The first-order valence-electron chi connectivity index (χ1n) is 14.8. The van der Waals surface area contributed by atoms with Crippen molar-refractivity contribution >= 4 is 11.8 Å². The summed E-state index contributed by atoms with van der Waals surface area (Å²) in [4.78, 5) is 26.8. The Morgan fingerprint density at radius 3 is 1.18 bits per heavy atom. The SMILES string of the molecule is CC12CC3CC(C1)CC(NC(=O)C1CCC(C(=O)NC45CC6CC(CC(C)(C6)C4)C5)CC1)(C3)C2. The third-order valence-corrected chi connectivity index (χ3v) is 12.0. The van der Waals surface area contributed by atoms with Crippen molar-refractivity contribution in [2.24, 2.45) is 46.3 Å². The van der Waals surface area contributed by atoms with E-state index in [0.717, 1.165) is 49.4 Å². The van der Waals surface area contributed by atoms with Gasteiger partial charge in [0, 0.05) is 22.9 Å². The molecular weight excluding hydrogens is 420 g/mol. The van der Waals surface area contributed by atoms with E-state index in [1.165, 1.54) is 77.0 Å². The van der Waals surface area contributed by atoms with Gasteiger partial charge in [-0.15, -0.1) is 0 Å². The topological polar surface area (TPSA) is 58.2 Å². The fourth-order valence-corrected chi connectivity index (χ4v) is 12.1. The van der Waals surface area contributed by atoms with Gasteiger partial charge < -0.3 is 10.6 Å². The van der Waals surface area contributed by atoms with Crippen LogP contribution in [0.3, 0.4) is 0 Å². The van der Waals surface area contributed by atoms with E-state index >= 15 is 0 Å². The summed E-state index contributed by atoms with van der Waals surface area (Å²) in [6.07, 6.45) is 19.1. The smallest absolute Gasteiger partial charge is 0.223 e. The van der Waals surface area contributed by atoms with E-state index in [4.69, 9.17) is 0 Å². The largest absolute Gasteiger partial charge is 0.350 e. The molecule has 8 bridgehead atoms. The van der Waals surface area contributed by atoms with E-state index in [-0.39, 0.29) is 22.9 Å². The minimum atomic E-state index is 0.0821. The zero-order valence-corrected chi connectivity index (χ0v) is 21.6. The van der Waals surface area contributed by atoms with Crippen molar-refractivity contribution in [2.45, 2.75) is 128 Å². The Hall–Kier alpha value is -1.06. The molecule has 0 aromatic heterocycles. The molecule has 4 atom stereocenters. The Kier molecular flexibility index (Phi) is 4.73. The van der Waals surface area contributed by atoms with Gasteiger partial charge in [0.2, 0.25) is 11.8 Å². The summed E-state index contributed by atoms with van der Waals surface area (Å²) in [5.74, 6) is 4.16. The monoisotopic (exact) mass is 466 g/mol. The lowest BCUT2D eigenvalue weighted by molar-refractivity contribution is -0.139. The molecule has 9 saturated carbocycles. The van der Waals surface area contributed by atoms with Crippen LogP contribution in [0, 0.1) is 46.3 Å². The molecule has 4 heteroatoms. The Labute approximate surface area is 206 Å². The average Bonchev–Trinajstić information content (AvgIpc) is 2.69. The summed E-state index contributed by atoms with van der Waals surface area (Å²) in [7, 11) is 0. The van der Waals surface area contributed by atoms with E-state index in [2.05, 4.69) is 24.5 Å². The molecule has 0 heterocycles. The van der Waals surface area contributed by atoms with E-state index in [0.29, 0.717) is 22.6 Å². The number of carbonyl (C=O) groups excluding carboxylic acids is 2. The fourth-order valence-electron chi connectivity index (χ4n) is 12.1. The van der Waals surface area contributed by atoms with Gasteiger partial charge in [-0.1, -0.05) is 13.8 Å². The zero-order chi connectivity index (χ0) is 23.3. The fraction of sp³-hybridized carbons (Fsp3) is 0.933. The summed E-state index contributed by atoms with van der Waals surface area (Å²) in [5, 5.41) is 7.26. The highest BCUT2D eigenvalue weighted by Gasteiger charge is 2.58. The molecule has 9 fully saturated rings.